The topological polar surface area (TPSA) is 4.93 Å². The van der Waals surface area contributed by atoms with Crippen molar-refractivity contribution >= 4 is 27.9 Å². The van der Waals surface area contributed by atoms with E-state index in [1.165, 1.54) is 77.6 Å². The fourth-order valence-corrected chi connectivity index (χ4v) is 6.71. The van der Waals surface area contributed by atoms with Gasteiger partial charge in [-0.2, -0.15) is 0 Å². The molecule has 7 rings (SSSR count). The van der Waals surface area contributed by atoms with Gasteiger partial charge in [-0.1, -0.05) is 110 Å². The molecule has 0 atom stereocenters. The lowest BCUT2D eigenvalue weighted by Gasteiger charge is -2.14. The summed E-state index contributed by atoms with van der Waals surface area (Å²) < 4.78 is 2.46. The second-order valence-corrected chi connectivity index (χ2v) is 11.2. The highest BCUT2D eigenvalue weighted by Crippen LogP contribution is 2.42. The van der Waals surface area contributed by atoms with Crippen molar-refractivity contribution in [2.45, 2.75) is 33.6 Å². The molecule has 1 aliphatic rings. The number of aromatic nitrogens is 1. The molecule has 42 heavy (non-hydrogen) atoms. The van der Waals surface area contributed by atoms with E-state index in [0.29, 0.717) is 0 Å². The zero-order chi connectivity index (χ0) is 28.6. The van der Waals surface area contributed by atoms with Crippen LogP contribution in [-0.4, -0.2) is 4.57 Å². The smallest absolute Gasteiger partial charge is 0.0544 e. The van der Waals surface area contributed by atoms with Crippen LogP contribution < -0.4 is 0 Å². The summed E-state index contributed by atoms with van der Waals surface area (Å²) in [6.45, 7) is 6.54. The summed E-state index contributed by atoms with van der Waals surface area (Å²) in [5, 5.41) is 2.57. The van der Waals surface area contributed by atoms with Crippen molar-refractivity contribution in [3.63, 3.8) is 0 Å². The summed E-state index contributed by atoms with van der Waals surface area (Å²) in [6, 6.07) is 36.2. The van der Waals surface area contributed by atoms with Crippen molar-refractivity contribution in [2.24, 2.45) is 0 Å². The average molecular weight is 542 g/mol. The molecule has 6 aromatic rings. The van der Waals surface area contributed by atoms with E-state index in [1.807, 2.05) is 19.1 Å². The first-order valence-corrected chi connectivity index (χ1v) is 15.0. The van der Waals surface area contributed by atoms with Crippen molar-refractivity contribution in [3.05, 3.63) is 155 Å². The van der Waals surface area contributed by atoms with Gasteiger partial charge in [0.05, 0.1) is 11.0 Å². The van der Waals surface area contributed by atoms with Crippen molar-refractivity contribution in [1.29, 1.82) is 0 Å². The molecule has 1 heteroatoms. The van der Waals surface area contributed by atoms with Crippen LogP contribution in [-0.2, 0) is 12.8 Å². The number of hydrogen-bond acceptors (Lipinski definition) is 0. The predicted octanol–water partition coefficient (Wildman–Crippen LogP) is 11.0. The molecule has 1 aliphatic carbocycles. The number of rotatable bonds is 6. The maximum Gasteiger partial charge on any atom is 0.0544 e. The Morgan fingerprint density at radius 1 is 0.667 bits per heavy atom. The molecule has 1 aromatic heterocycles. The second kappa shape index (κ2) is 10.8. The molecule has 0 N–H and O–H groups in total. The van der Waals surface area contributed by atoms with Crippen LogP contribution in [0.25, 0.3) is 55.8 Å². The van der Waals surface area contributed by atoms with Crippen LogP contribution in [0.1, 0.15) is 41.7 Å². The van der Waals surface area contributed by atoms with Gasteiger partial charge in [-0.05, 0) is 107 Å². The molecule has 0 amide bonds. The predicted molar refractivity (Wildman–Crippen MR) is 182 cm³/mol. The van der Waals surface area contributed by atoms with Crippen LogP contribution in [0.15, 0.2) is 127 Å². The Morgan fingerprint density at radius 3 is 2.38 bits per heavy atom. The third kappa shape index (κ3) is 4.33. The Bertz CT molecular complexity index is 2060. The van der Waals surface area contributed by atoms with Crippen molar-refractivity contribution in [3.8, 4) is 27.9 Å². The number of para-hydroxylation sites is 1. The molecule has 0 fully saturated rings. The molecular formula is C41H35N. The molecule has 0 unspecified atom stereocenters. The number of aryl methyl sites for hydroxylation is 2. The van der Waals surface area contributed by atoms with Gasteiger partial charge in [0, 0.05) is 16.5 Å². The lowest BCUT2D eigenvalue weighted by atomic mass is 9.94. The van der Waals surface area contributed by atoms with Gasteiger partial charge in [-0.15, -0.1) is 0 Å². The summed E-state index contributed by atoms with van der Waals surface area (Å²) in [6.07, 6.45) is 14.6. The van der Waals surface area contributed by atoms with Crippen LogP contribution in [0, 0.1) is 6.92 Å². The second-order valence-electron chi connectivity index (χ2n) is 11.2. The molecule has 5 aromatic carbocycles. The molecule has 0 radical (unpaired) electrons. The van der Waals surface area contributed by atoms with Gasteiger partial charge in [0.1, 0.15) is 0 Å². The Balaban J connectivity index is 1.41. The highest BCUT2D eigenvalue weighted by molar-refractivity contribution is 6.11. The molecule has 204 valence electrons. The lowest BCUT2D eigenvalue weighted by Crippen LogP contribution is -1.96. The molecule has 1 nitrogen and oxygen atoms in total. The molecule has 1 heterocycles. The molecule has 0 bridgehead atoms. The third-order valence-electron chi connectivity index (χ3n) is 8.69. The van der Waals surface area contributed by atoms with E-state index in [9.17, 15) is 0 Å². The standard InChI is InChI=1S/C41H35N/c1-4-6-7-8-9-15-30-16-10-11-19-34(30)36-27-38-35-20-12-13-21-39(35)42(40(38)24-28(36)3)33-23-22-31-25-32-18-14-17-29(5-2)41(32)37(31)26-33/h4,6-24,26-27H,5,25H2,1-3H3/b6-4+,8-7-,15-9-. The van der Waals surface area contributed by atoms with Gasteiger partial charge in [-0.3, -0.25) is 0 Å². The Kier molecular flexibility index (Phi) is 6.72. The Hall–Kier alpha value is -4.88. The van der Waals surface area contributed by atoms with E-state index in [1.54, 1.807) is 0 Å². The molecule has 0 saturated heterocycles. The minimum Gasteiger partial charge on any atom is -0.309 e. The van der Waals surface area contributed by atoms with E-state index in [0.717, 1.165) is 12.8 Å². The van der Waals surface area contributed by atoms with E-state index in [2.05, 4.69) is 140 Å². The first-order chi connectivity index (χ1) is 20.7. The fraction of sp³-hybridized carbons (Fsp3) is 0.122. The van der Waals surface area contributed by atoms with E-state index >= 15 is 0 Å². The number of benzene rings is 5. The van der Waals surface area contributed by atoms with Gasteiger partial charge in [-0.25, -0.2) is 0 Å². The zero-order valence-electron chi connectivity index (χ0n) is 24.6. The first-order valence-electron chi connectivity index (χ1n) is 15.0. The fourth-order valence-electron chi connectivity index (χ4n) is 6.71. The van der Waals surface area contributed by atoms with E-state index in [-0.39, 0.29) is 0 Å². The van der Waals surface area contributed by atoms with Crippen LogP contribution in [0.2, 0.25) is 0 Å². The normalized spacial score (nSPS) is 12.8. The van der Waals surface area contributed by atoms with Gasteiger partial charge in [0.15, 0.2) is 0 Å². The van der Waals surface area contributed by atoms with Gasteiger partial charge >= 0.3 is 0 Å². The summed E-state index contributed by atoms with van der Waals surface area (Å²) in [5.41, 5.74) is 15.9. The minimum atomic E-state index is 1.02. The van der Waals surface area contributed by atoms with Crippen molar-refractivity contribution < 1.29 is 0 Å². The Morgan fingerprint density at radius 2 is 1.50 bits per heavy atom. The quantitative estimate of drug-likeness (QED) is 0.185. The monoisotopic (exact) mass is 541 g/mol. The van der Waals surface area contributed by atoms with Gasteiger partial charge in [0.25, 0.3) is 0 Å². The maximum atomic E-state index is 2.46. The summed E-state index contributed by atoms with van der Waals surface area (Å²) in [4.78, 5) is 0. The highest BCUT2D eigenvalue weighted by atomic mass is 15.0. The third-order valence-corrected chi connectivity index (χ3v) is 8.69. The molecule has 0 saturated carbocycles. The highest BCUT2D eigenvalue weighted by Gasteiger charge is 2.22. The number of hydrogen-bond donors (Lipinski definition) is 0. The SMILES string of the molecule is C/C=C/C=C\C=C/c1ccccc1-c1cc2c3ccccc3n(-c3ccc4c(c3)-c3c(CC)cccc3C4)c2cc1C. The van der Waals surface area contributed by atoms with Gasteiger partial charge < -0.3 is 4.57 Å². The van der Waals surface area contributed by atoms with E-state index in [4.69, 9.17) is 0 Å². The van der Waals surface area contributed by atoms with Crippen LogP contribution >= 0.6 is 0 Å². The summed E-state index contributed by atoms with van der Waals surface area (Å²) in [5.74, 6) is 0. The van der Waals surface area contributed by atoms with Crippen molar-refractivity contribution in [2.75, 3.05) is 0 Å². The lowest BCUT2D eigenvalue weighted by molar-refractivity contribution is 1.13. The average Bonchev–Trinajstić information content (AvgIpc) is 3.55. The number of nitrogens with zero attached hydrogens (tertiary/aromatic N) is 1. The van der Waals surface area contributed by atoms with Crippen molar-refractivity contribution in [1.82, 2.24) is 4.57 Å². The zero-order valence-corrected chi connectivity index (χ0v) is 24.6. The Labute approximate surface area is 248 Å². The van der Waals surface area contributed by atoms with Crippen LogP contribution in [0.3, 0.4) is 0 Å². The van der Waals surface area contributed by atoms with E-state index < -0.39 is 0 Å². The van der Waals surface area contributed by atoms with Crippen LogP contribution in [0.4, 0.5) is 0 Å². The summed E-state index contributed by atoms with van der Waals surface area (Å²) >= 11 is 0. The number of fused-ring (bicyclic) bond motifs is 6. The number of allylic oxidation sites excluding steroid dienone is 5. The first kappa shape index (κ1) is 26.0. The molecule has 0 aliphatic heterocycles. The van der Waals surface area contributed by atoms with Crippen LogP contribution in [0.5, 0.6) is 0 Å². The maximum absolute atomic E-state index is 2.46. The minimum absolute atomic E-state index is 1.02. The largest absolute Gasteiger partial charge is 0.309 e. The molecule has 0 spiro atoms. The molecular weight excluding hydrogens is 506 g/mol. The van der Waals surface area contributed by atoms with Gasteiger partial charge in [0.2, 0.25) is 0 Å². The summed E-state index contributed by atoms with van der Waals surface area (Å²) in [7, 11) is 0.